The smallest absolute Gasteiger partial charge is 0.255 e. The predicted octanol–water partition coefficient (Wildman–Crippen LogP) is 4.42. The molecule has 0 unspecified atom stereocenters. The minimum absolute atomic E-state index is 0.272. The summed E-state index contributed by atoms with van der Waals surface area (Å²) in [6.45, 7) is 3.44. The largest absolute Gasteiger partial charge is 0.497 e. The maximum Gasteiger partial charge on any atom is 0.255 e. The molecule has 0 bridgehead atoms. The molecular formula is C25H26ClN3O4S. The average Bonchev–Trinajstić information content (AvgIpc) is 2.84. The fraction of sp³-hybridized carbons (Fsp3) is 0.240. The van der Waals surface area contributed by atoms with Crippen molar-refractivity contribution >= 4 is 38.9 Å². The number of nitrogens with one attached hydrogen (secondary N) is 1. The van der Waals surface area contributed by atoms with Gasteiger partial charge >= 0.3 is 0 Å². The Morgan fingerprint density at radius 3 is 2.21 bits per heavy atom. The van der Waals surface area contributed by atoms with Gasteiger partial charge in [-0.15, -0.1) is 0 Å². The van der Waals surface area contributed by atoms with Crippen LogP contribution in [-0.4, -0.2) is 51.9 Å². The van der Waals surface area contributed by atoms with Gasteiger partial charge in [0.15, 0.2) is 0 Å². The number of halogens is 1. The van der Waals surface area contributed by atoms with Crippen molar-refractivity contribution in [3.8, 4) is 5.75 Å². The Balaban J connectivity index is 1.50. The Labute approximate surface area is 205 Å². The standard InChI is InChI=1S/C25H26ClN3O4S/c1-18-6-12-21(13-7-18)34(31,32)29-16-14-28(15-17-29)24-22(26)4-3-5-23(24)27-25(30)19-8-10-20(33-2)11-9-19/h3-13H,14-17H2,1-2H3,(H,27,30). The monoisotopic (exact) mass is 499 g/mol. The molecule has 0 spiro atoms. The van der Waals surface area contributed by atoms with E-state index in [-0.39, 0.29) is 10.8 Å². The highest BCUT2D eigenvalue weighted by molar-refractivity contribution is 7.89. The lowest BCUT2D eigenvalue weighted by molar-refractivity contribution is 0.102. The number of methoxy groups -OCH3 is 1. The fourth-order valence-electron chi connectivity index (χ4n) is 3.89. The van der Waals surface area contributed by atoms with Gasteiger partial charge in [0.05, 0.1) is 28.4 Å². The van der Waals surface area contributed by atoms with Gasteiger partial charge in [-0.25, -0.2) is 8.42 Å². The molecule has 1 aliphatic heterocycles. The Morgan fingerprint density at radius 2 is 1.59 bits per heavy atom. The first kappa shape index (κ1) is 24.1. The maximum absolute atomic E-state index is 13.0. The quantitative estimate of drug-likeness (QED) is 0.543. The summed E-state index contributed by atoms with van der Waals surface area (Å²) in [5, 5.41) is 3.43. The summed E-state index contributed by atoms with van der Waals surface area (Å²) >= 11 is 6.53. The number of nitrogens with zero attached hydrogens (tertiary/aromatic N) is 2. The molecule has 1 aliphatic rings. The minimum atomic E-state index is -3.57. The third-order valence-corrected chi connectivity index (χ3v) is 8.02. The van der Waals surface area contributed by atoms with E-state index in [2.05, 4.69) is 5.32 Å². The van der Waals surface area contributed by atoms with Crippen molar-refractivity contribution in [3.05, 3.63) is 82.9 Å². The van der Waals surface area contributed by atoms with E-state index >= 15 is 0 Å². The molecule has 1 heterocycles. The summed E-state index contributed by atoms with van der Waals surface area (Å²) < 4.78 is 32.7. The van der Waals surface area contributed by atoms with E-state index in [9.17, 15) is 13.2 Å². The fourth-order valence-corrected chi connectivity index (χ4v) is 5.60. The van der Waals surface area contributed by atoms with Crippen molar-refractivity contribution in [3.63, 3.8) is 0 Å². The van der Waals surface area contributed by atoms with E-state index in [4.69, 9.17) is 16.3 Å². The highest BCUT2D eigenvalue weighted by atomic mass is 35.5. The van der Waals surface area contributed by atoms with Crippen LogP contribution in [0.4, 0.5) is 11.4 Å². The molecule has 0 saturated carbocycles. The van der Waals surface area contributed by atoms with E-state index in [1.165, 1.54) is 4.31 Å². The summed E-state index contributed by atoms with van der Waals surface area (Å²) in [5.74, 6) is 0.394. The Bertz CT molecular complexity index is 1270. The van der Waals surface area contributed by atoms with E-state index < -0.39 is 10.0 Å². The molecule has 0 radical (unpaired) electrons. The number of hydrogen-bond acceptors (Lipinski definition) is 5. The highest BCUT2D eigenvalue weighted by Gasteiger charge is 2.30. The third-order valence-electron chi connectivity index (χ3n) is 5.80. The molecule has 0 aromatic heterocycles. The van der Waals surface area contributed by atoms with Gasteiger partial charge in [-0.2, -0.15) is 4.31 Å². The van der Waals surface area contributed by atoms with Gasteiger partial charge in [-0.3, -0.25) is 4.79 Å². The number of sulfonamides is 1. The second-order valence-electron chi connectivity index (χ2n) is 8.02. The number of rotatable bonds is 6. The first-order valence-electron chi connectivity index (χ1n) is 10.9. The van der Waals surface area contributed by atoms with Gasteiger partial charge < -0.3 is 15.0 Å². The number of carbonyl (C=O) groups is 1. The average molecular weight is 500 g/mol. The summed E-state index contributed by atoms with van der Waals surface area (Å²) in [4.78, 5) is 15.1. The molecule has 1 amide bonds. The van der Waals surface area contributed by atoms with Crippen LogP contribution < -0.4 is 15.0 Å². The lowest BCUT2D eigenvalue weighted by Crippen LogP contribution is -2.49. The van der Waals surface area contributed by atoms with Crippen LogP contribution in [0.3, 0.4) is 0 Å². The molecule has 1 N–H and O–H groups in total. The number of para-hydroxylation sites is 1. The van der Waals surface area contributed by atoms with Gasteiger partial charge in [0.1, 0.15) is 5.75 Å². The molecule has 1 saturated heterocycles. The molecule has 34 heavy (non-hydrogen) atoms. The lowest BCUT2D eigenvalue weighted by atomic mass is 10.1. The van der Waals surface area contributed by atoms with E-state index in [0.717, 1.165) is 5.56 Å². The van der Waals surface area contributed by atoms with Crippen LogP contribution in [-0.2, 0) is 10.0 Å². The van der Waals surface area contributed by atoms with Crippen LogP contribution in [0, 0.1) is 6.92 Å². The molecule has 4 rings (SSSR count). The molecule has 9 heteroatoms. The van der Waals surface area contributed by atoms with Gasteiger partial charge in [-0.1, -0.05) is 35.4 Å². The zero-order valence-electron chi connectivity index (χ0n) is 19.0. The second-order valence-corrected chi connectivity index (χ2v) is 10.4. The molecule has 0 aliphatic carbocycles. The molecule has 0 atom stereocenters. The molecule has 3 aromatic rings. The summed E-state index contributed by atoms with van der Waals surface area (Å²) in [6, 6.07) is 19.0. The summed E-state index contributed by atoms with van der Waals surface area (Å²) in [5.41, 5.74) is 2.74. The summed E-state index contributed by atoms with van der Waals surface area (Å²) in [7, 11) is -2.00. The van der Waals surface area contributed by atoms with Crippen LogP contribution >= 0.6 is 11.6 Å². The molecule has 1 fully saturated rings. The van der Waals surface area contributed by atoms with Crippen LogP contribution in [0.1, 0.15) is 15.9 Å². The summed E-state index contributed by atoms with van der Waals surface area (Å²) in [6.07, 6.45) is 0. The Kier molecular flexibility index (Phi) is 7.11. The van der Waals surface area contributed by atoms with Crippen LogP contribution in [0.5, 0.6) is 5.75 Å². The normalized spacial score (nSPS) is 14.6. The van der Waals surface area contributed by atoms with Gasteiger partial charge in [-0.05, 0) is 55.5 Å². The Hall–Kier alpha value is -3.07. The maximum atomic E-state index is 13.0. The van der Waals surface area contributed by atoms with E-state index in [1.807, 2.05) is 11.8 Å². The van der Waals surface area contributed by atoms with Gasteiger partial charge in [0.25, 0.3) is 5.91 Å². The van der Waals surface area contributed by atoms with Crippen LogP contribution in [0.25, 0.3) is 0 Å². The number of benzene rings is 3. The van der Waals surface area contributed by atoms with Crippen molar-refractivity contribution < 1.29 is 17.9 Å². The molecule has 178 valence electrons. The molecule has 3 aromatic carbocycles. The number of amides is 1. The third kappa shape index (κ3) is 5.04. The first-order valence-corrected chi connectivity index (χ1v) is 12.7. The van der Waals surface area contributed by atoms with Crippen LogP contribution in [0.2, 0.25) is 5.02 Å². The SMILES string of the molecule is COc1ccc(C(=O)Nc2cccc(Cl)c2N2CCN(S(=O)(=O)c3ccc(C)cc3)CC2)cc1. The zero-order chi connectivity index (χ0) is 24.3. The number of aryl methyl sites for hydroxylation is 1. The van der Waals surface area contributed by atoms with Gasteiger partial charge in [0.2, 0.25) is 10.0 Å². The van der Waals surface area contributed by atoms with Crippen LogP contribution in [0.15, 0.2) is 71.6 Å². The zero-order valence-corrected chi connectivity index (χ0v) is 20.6. The van der Waals surface area contributed by atoms with E-state index in [1.54, 1.807) is 73.8 Å². The van der Waals surface area contributed by atoms with Crippen molar-refractivity contribution in [2.45, 2.75) is 11.8 Å². The Morgan fingerprint density at radius 1 is 0.941 bits per heavy atom. The topological polar surface area (TPSA) is 79.0 Å². The number of hydrogen-bond donors (Lipinski definition) is 1. The number of ether oxygens (including phenoxy) is 1. The number of carbonyl (C=O) groups excluding carboxylic acids is 1. The minimum Gasteiger partial charge on any atom is -0.497 e. The van der Waals surface area contributed by atoms with Crippen molar-refractivity contribution in [1.82, 2.24) is 4.31 Å². The second kappa shape index (κ2) is 10.0. The molecular weight excluding hydrogens is 474 g/mol. The highest BCUT2D eigenvalue weighted by Crippen LogP contribution is 2.35. The van der Waals surface area contributed by atoms with Gasteiger partial charge in [0, 0.05) is 31.7 Å². The first-order chi connectivity index (χ1) is 16.3. The molecule has 7 nitrogen and oxygen atoms in total. The lowest BCUT2D eigenvalue weighted by Gasteiger charge is -2.36. The van der Waals surface area contributed by atoms with Crippen molar-refractivity contribution in [2.24, 2.45) is 0 Å². The van der Waals surface area contributed by atoms with Crippen molar-refractivity contribution in [1.29, 1.82) is 0 Å². The number of anilines is 2. The van der Waals surface area contributed by atoms with E-state index in [0.29, 0.717) is 53.9 Å². The predicted molar refractivity (Wildman–Crippen MR) is 135 cm³/mol. The number of piperazine rings is 1. The van der Waals surface area contributed by atoms with Crippen molar-refractivity contribution in [2.75, 3.05) is 43.5 Å².